The van der Waals surface area contributed by atoms with Crippen LogP contribution < -0.4 is 15.2 Å². The fourth-order valence-corrected chi connectivity index (χ4v) is 4.00. The van der Waals surface area contributed by atoms with Gasteiger partial charge < -0.3 is 10.5 Å². The van der Waals surface area contributed by atoms with Crippen LogP contribution in [0.3, 0.4) is 0 Å². The SMILES string of the molecule is COc1cc(NS(=O)(=O)CCCCN)c(Br)cc1Br. The Hall–Kier alpha value is -0.310. The Bertz CT molecular complexity index is 535. The van der Waals surface area contributed by atoms with Crippen molar-refractivity contribution in [2.45, 2.75) is 12.8 Å². The summed E-state index contributed by atoms with van der Waals surface area (Å²) in [5, 5.41) is 0. The van der Waals surface area contributed by atoms with Crippen molar-refractivity contribution in [3.63, 3.8) is 0 Å². The number of unbranched alkanes of at least 4 members (excludes halogenated alkanes) is 1. The first-order valence-electron chi connectivity index (χ1n) is 5.63. The van der Waals surface area contributed by atoms with E-state index in [4.69, 9.17) is 10.5 Å². The van der Waals surface area contributed by atoms with Gasteiger partial charge in [-0.25, -0.2) is 8.42 Å². The molecule has 8 heteroatoms. The Kier molecular flexibility index (Phi) is 6.58. The van der Waals surface area contributed by atoms with Gasteiger partial charge in [-0.3, -0.25) is 4.72 Å². The highest BCUT2D eigenvalue weighted by Crippen LogP contribution is 2.35. The van der Waals surface area contributed by atoms with Crippen LogP contribution >= 0.6 is 31.9 Å². The second-order valence-corrected chi connectivity index (χ2v) is 7.43. The molecule has 1 aromatic rings. The normalized spacial score (nSPS) is 11.4. The molecular formula is C11H16Br2N2O3S. The highest BCUT2D eigenvalue weighted by Gasteiger charge is 2.14. The number of halogens is 2. The molecule has 3 N–H and O–H groups in total. The van der Waals surface area contributed by atoms with Gasteiger partial charge in [-0.15, -0.1) is 0 Å². The summed E-state index contributed by atoms with van der Waals surface area (Å²) >= 11 is 6.64. The zero-order valence-electron chi connectivity index (χ0n) is 10.4. The third kappa shape index (κ3) is 5.29. The molecule has 5 nitrogen and oxygen atoms in total. The van der Waals surface area contributed by atoms with Gasteiger partial charge in [0, 0.05) is 10.5 Å². The maximum atomic E-state index is 11.9. The van der Waals surface area contributed by atoms with E-state index in [0.717, 1.165) is 4.47 Å². The molecule has 0 saturated heterocycles. The summed E-state index contributed by atoms with van der Waals surface area (Å²) in [6.45, 7) is 0.491. The smallest absolute Gasteiger partial charge is 0.232 e. The first-order chi connectivity index (χ1) is 8.89. The van der Waals surface area contributed by atoms with Gasteiger partial charge in [-0.2, -0.15) is 0 Å². The summed E-state index contributed by atoms with van der Waals surface area (Å²) in [7, 11) is -1.85. The monoisotopic (exact) mass is 414 g/mol. The Balaban J connectivity index is 2.87. The van der Waals surface area contributed by atoms with Crippen molar-refractivity contribution in [1.82, 2.24) is 0 Å². The molecule has 0 aliphatic rings. The van der Waals surface area contributed by atoms with E-state index in [0.29, 0.717) is 35.3 Å². The van der Waals surface area contributed by atoms with E-state index in [2.05, 4.69) is 36.6 Å². The highest BCUT2D eigenvalue weighted by molar-refractivity contribution is 9.11. The summed E-state index contributed by atoms with van der Waals surface area (Å²) < 4.78 is 32.8. The topological polar surface area (TPSA) is 81.4 Å². The first kappa shape index (κ1) is 16.7. The number of anilines is 1. The second kappa shape index (κ2) is 7.47. The molecule has 0 radical (unpaired) electrons. The molecule has 0 atom stereocenters. The van der Waals surface area contributed by atoms with Gasteiger partial charge in [0.1, 0.15) is 5.75 Å². The van der Waals surface area contributed by atoms with Crippen LogP contribution in [0.25, 0.3) is 0 Å². The van der Waals surface area contributed by atoms with Crippen molar-refractivity contribution < 1.29 is 13.2 Å². The molecule has 0 aromatic heterocycles. The van der Waals surface area contributed by atoms with Gasteiger partial charge in [0.05, 0.1) is 23.0 Å². The average Bonchev–Trinajstić information content (AvgIpc) is 2.32. The van der Waals surface area contributed by atoms with Crippen molar-refractivity contribution in [1.29, 1.82) is 0 Å². The number of benzene rings is 1. The van der Waals surface area contributed by atoms with Crippen molar-refractivity contribution >= 4 is 47.6 Å². The van der Waals surface area contributed by atoms with E-state index in [1.807, 2.05) is 0 Å². The number of ether oxygens (including phenoxy) is 1. The number of sulfonamides is 1. The van der Waals surface area contributed by atoms with Crippen molar-refractivity contribution in [3.8, 4) is 5.75 Å². The van der Waals surface area contributed by atoms with Gasteiger partial charge in [-0.1, -0.05) is 0 Å². The van der Waals surface area contributed by atoms with Gasteiger partial charge in [0.25, 0.3) is 0 Å². The Labute approximate surface area is 130 Å². The molecule has 0 spiro atoms. The van der Waals surface area contributed by atoms with Crippen molar-refractivity contribution in [2.75, 3.05) is 24.1 Å². The maximum Gasteiger partial charge on any atom is 0.232 e. The lowest BCUT2D eigenvalue weighted by atomic mass is 10.3. The molecule has 0 saturated carbocycles. The summed E-state index contributed by atoms with van der Waals surface area (Å²) in [5.74, 6) is 0.609. The van der Waals surface area contributed by atoms with Crippen LogP contribution in [0, 0.1) is 0 Å². The Morgan fingerprint density at radius 1 is 1.26 bits per heavy atom. The fourth-order valence-electron chi connectivity index (χ4n) is 1.42. The number of nitrogens with two attached hydrogens (primary N) is 1. The molecule has 108 valence electrons. The van der Waals surface area contributed by atoms with E-state index in [9.17, 15) is 8.42 Å². The van der Waals surface area contributed by atoms with Crippen LogP contribution in [0.15, 0.2) is 21.1 Å². The van der Waals surface area contributed by atoms with Crippen LogP contribution in [0.5, 0.6) is 5.75 Å². The van der Waals surface area contributed by atoms with Crippen molar-refractivity contribution in [3.05, 3.63) is 21.1 Å². The van der Waals surface area contributed by atoms with Gasteiger partial charge in [0.15, 0.2) is 0 Å². The maximum absolute atomic E-state index is 11.9. The molecule has 0 unspecified atom stereocenters. The molecule has 0 heterocycles. The minimum absolute atomic E-state index is 0.0506. The molecule has 1 aromatic carbocycles. The van der Waals surface area contributed by atoms with Crippen LogP contribution in [0.2, 0.25) is 0 Å². The van der Waals surface area contributed by atoms with Crippen molar-refractivity contribution in [2.24, 2.45) is 5.73 Å². The number of rotatable bonds is 7. The summed E-state index contributed by atoms with van der Waals surface area (Å²) in [6.07, 6.45) is 1.23. The molecular weight excluding hydrogens is 400 g/mol. The second-order valence-electron chi connectivity index (χ2n) is 3.88. The largest absolute Gasteiger partial charge is 0.495 e. The number of methoxy groups -OCH3 is 1. The first-order valence-corrected chi connectivity index (χ1v) is 8.87. The van der Waals surface area contributed by atoms with Crippen LogP contribution in [0.4, 0.5) is 5.69 Å². The molecule has 1 rings (SSSR count). The van der Waals surface area contributed by atoms with E-state index < -0.39 is 10.0 Å². The molecule has 0 amide bonds. The summed E-state index contributed by atoms with van der Waals surface area (Å²) in [4.78, 5) is 0. The predicted molar refractivity (Wildman–Crippen MR) is 84.1 cm³/mol. The lowest BCUT2D eigenvalue weighted by Crippen LogP contribution is -2.17. The Morgan fingerprint density at radius 2 is 1.95 bits per heavy atom. The highest BCUT2D eigenvalue weighted by atomic mass is 79.9. The quantitative estimate of drug-likeness (QED) is 0.670. The van der Waals surface area contributed by atoms with Crippen LogP contribution in [-0.4, -0.2) is 27.8 Å². The molecule has 0 aliphatic carbocycles. The average molecular weight is 416 g/mol. The summed E-state index contributed by atoms with van der Waals surface area (Å²) in [6, 6.07) is 3.35. The van der Waals surface area contributed by atoms with Gasteiger partial charge >= 0.3 is 0 Å². The van der Waals surface area contributed by atoms with Crippen LogP contribution in [0.1, 0.15) is 12.8 Å². The third-order valence-electron chi connectivity index (χ3n) is 2.37. The zero-order valence-corrected chi connectivity index (χ0v) is 14.4. The van der Waals surface area contributed by atoms with E-state index in [1.54, 1.807) is 12.1 Å². The molecule has 19 heavy (non-hydrogen) atoms. The van der Waals surface area contributed by atoms with Crippen LogP contribution in [-0.2, 0) is 10.0 Å². The summed E-state index contributed by atoms with van der Waals surface area (Å²) in [5.41, 5.74) is 5.80. The molecule has 0 aliphatic heterocycles. The lowest BCUT2D eigenvalue weighted by Gasteiger charge is -2.12. The zero-order chi connectivity index (χ0) is 14.5. The Morgan fingerprint density at radius 3 is 2.53 bits per heavy atom. The lowest BCUT2D eigenvalue weighted by molar-refractivity contribution is 0.412. The standard InChI is InChI=1S/C11H16Br2N2O3S/c1-18-11-7-10(8(12)6-9(11)13)15-19(16,17)5-3-2-4-14/h6-7,15H,2-5,14H2,1H3. The number of hydrogen-bond acceptors (Lipinski definition) is 4. The van der Waals surface area contributed by atoms with E-state index >= 15 is 0 Å². The molecule has 0 bridgehead atoms. The van der Waals surface area contributed by atoms with Gasteiger partial charge in [0.2, 0.25) is 10.0 Å². The third-order valence-corrected chi connectivity index (χ3v) is 5.01. The minimum Gasteiger partial charge on any atom is -0.495 e. The van der Waals surface area contributed by atoms with Gasteiger partial charge in [-0.05, 0) is 57.3 Å². The number of hydrogen-bond donors (Lipinski definition) is 2. The molecule has 0 fully saturated rings. The minimum atomic E-state index is -3.37. The van der Waals surface area contributed by atoms with E-state index in [1.165, 1.54) is 7.11 Å². The number of nitrogens with one attached hydrogen (secondary N) is 1. The van der Waals surface area contributed by atoms with E-state index in [-0.39, 0.29) is 5.75 Å². The predicted octanol–water partition coefficient (Wildman–Crippen LogP) is 2.70. The fraction of sp³-hybridized carbons (Fsp3) is 0.455.